The molecule has 0 saturated heterocycles. The lowest BCUT2D eigenvalue weighted by Crippen LogP contribution is -2.25. The Balaban J connectivity index is 0.000000761. The van der Waals surface area contributed by atoms with Crippen molar-refractivity contribution in [1.29, 1.82) is 0 Å². The van der Waals surface area contributed by atoms with Crippen molar-refractivity contribution in [3.63, 3.8) is 0 Å². The smallest absolute Gasteiger partial charge is 0.339 e. The summed E-state index contributed by atoms with van der Waals surface area (Å²) in [6, 6.07) is 6.88. The molecule has 0 saturated carbocycles. The number of hydrogen-bond donors (Lipinski definition) is 4. The fourth-order valence-corrected chi connectivity index (χ4v) is 4.24. The van der Waals surface area contributed by atoms with Crippen molar-refractivity contribution in [1.82, 2.24) is 0 Å². The predicted molar refractivity (Wildman–Crippen MR) is 191 cm³/mol. The van der Waals surface area contributed by atoms with E-state index in [1.807, 2.05) is 0 Å². The lowest BCUT2D eigenvalue weighted by atomic mass is 9.99. The number of fused-ring (bicyclic) bond motifs is 1. The minimum absolute atomic E-state index is 0.00292. The van der Waals surface area contributed by atoms with E-state index in [9.17, 15) is 37.5 Å². The Morgan fingerprint density at radius 2 is 1.30 bits per heavy atom. The van der Waals surface area contributed by atoms with E-state index in [4.69, 9.17) is 38.1 Å². The summed E-state index contributed by atoms with van der Waals surface area (Å²) in [5.74, 6) is -2.14. The Kier molecular flexibility index (Phi) is 21.4. The van der Waals surface area contributed by atoms with Crippen molar-refractivity contribution in [3.8, 4) is 28.7 Å². The van der Waals surface area contributed by atoms with E-state index in [1.165, 1.54) is 44.6 Å². The number of hydrogen-bond acceptors (Lipinski definition) is 16. The zero-order chi connectivity index (χ0) is 40.9. The summed E-state index contributed by atoms with van der Waals surface area (Å²) >= 11 is 0. The predicted octanol–water partition coefficient (Wildman–Crippen LogP) is 3.83. The third-order valence-corrected chi connectivity index (χ3v) is 6.45. The van der Waals surface area contributed by atoms with Crippen LogP contribution >= 0.6 is 0 Å². The van der Waals surface area contributed by atoms with Crippen molar-refractivity contribution in [3.05, 3.63) is 58.8 Å². The minimum atomic E-state index is -3.67. The number of ether oxygens (including phenoxy) is 5. The minimum Gasteiger partial charge on any atom is -0.508 e. The maximum Gasteiger partial charge on any atom is 0.339 e. The van der Waals surface area contributed by atoms with Crippen LogP contribution in [0.3, 0.4) is 0 Å². The molecule has 1 heterocycles. The molecule has 2 aromatic carbocycles. The number of phenols is 3. The molecule has 0 spiro atoms. The highest BCUT2D eigenvalue weighted by Gasteiger charge is 2.30. The number of carbonyl (C=O) groups excluding carboxylic acids is 4. The second-order valence-corrected chi connectivity index (χ2v) is 12.0. The topological polar surface area (TPSA) is 260 Å². The third-order valence-electron chi connectivity index (χ3n) is 6.45. The van der Waals surface area contributed by atoms with Crippen LogP contribution in [0.1, 0.15) is 51.2 Å². The number of phenolic OH excluding ortho intramolecular Hbond substituents is 3. The number of methoxy groups -OCH3 is 2. The van der Waals surface area contributed by atoms with Gasteiger partial charge in [-0.05, 0) is 46.1 Å². The van der Waals surface area contributed by atoms with Gasteiger partial charge in [0, 0.05) is 48.7 Å². The number of benzene rings is 2. The van der Waals surface area contributed by atoms with E-state index in [0.29, 0.717) is 40.9 Å². The van der Waals surface area contributed by atoms with Gasteiger partial charge in [0.05, 0.1) is 45.7 Å². The molecule has 294 valence electrons. The second kappa shape index (κ2) is 23.9. The van der Waals surface area contributed by atoms with Crippen LogP contribution in [0.15, 0.2) is 39.5 Å². The van der Waals surface area contributed by atoms with Gasteiger partial charge in [-0.15, -0.1) is 0 Å². The largest absolute Gasteiger partial charge is 0.508 e. The summed E-state index contributed by atoms with van der Waals surface area (Å²) in [4.78, 5) is 57.0. The SMILES string of the molecule is CCOC(=O)CCc1c(C)c2c(OC)cc(O)cc2oc1=O.COc1cc(O)cc(O)c1.CS(=O)(=O)O.[CH2+]C(=O)C(CCC(=O)OCC)C(=O)OCC. The number of ketones is 1. The van der Waals surface area contributed by atoms with Gasteiger partial charge in [0.15, 0.2) is 5.92 Å². The fourth-order valence-electron chi connectivity index (χ4n) is 4.24. The molecular weight excluding hydrogens is 724 g/mol. The van der Waals surface area contributed by atoms with Crippen molar-refractivity contribution < 1.29 is 75.6 Å². The van der Waals surface area contributed by atoms with Gasteiger partial charge in [0.1, 0.15) is 41.3 Å². The summed E-state index contributed by atoms with van der Waals surface area (Å²) in [5, 5.41) is 28.0. The quantitative estimate of drug-likeness (QED) is 0.0480. The van der Waals surface area contributed by atoms with Gasteiger partial charge in [-0.1, -0.05) is 0 Å². The molecule has 0 aliphatic rings. The van der Waals surface area contributed by atoms with Crippen LogP contribution in [0.4, 0.5) is 0 Å². The molecule has 4 N–H and O–H groups in total. The molecule has 0 fully saturated rings. The fraction of sp³-hybridized carbons (Fsp3) is 0.429. The maximum absolute atomic E-state index is 12.1. The lowest BCUT2D eigenvalue weighted by molar-refractivity contribution is -0.151. The second-order valence-electron chi connectivity index (χ2n) is 10.6. The average Bonchev–Trinajstić information content (AvgIpc) is 3.03. The molecule has 18 heteroatoms. The first-order chi connectivity index (χ1) is 24.7. The van der Waals surface area contributed by atoms with Crippen molar-refractivity contribution >= 4 is 44.8 Å². The Bertz CT molecular complexity index is 1800. The molecule has 3 rings (SSSR count). The molecule has 0 aliphatic heterocycles. The highest BCUT2D eigenvalue weighted by Crippen LogP contribution is 2.33. The molecule has 0 aliphatic carbocycles. The molecular formula is C35H47O17S+. The molecule has 0 bridgehead atoms. The zero-order valence-electron chi connectivity index (χ0n) is 30.6. The summed E-state index contributed by atoms with van der Waals surface area (Å²) in [7, 11) is -0.731. The van der Waals surface area contributed by atoms with Crippen LogP contribution in [-0.2, 0) is 49.9 Å². The summed E-state index contributed by atoms with van der Waals surface area (Å²) in [6.45, 7) is 10.8. The molecule has 53 heavy (non-hydrogen) atoms. The normalized spacial score (nSPS) is 10.8. The van der Waals surface area contributed by atoms with Crippen LogP contribution in [0.25, 0.3) is 11.0 Å². The van der Waals surface area contributed by atoms with Gasteiger partial charge in [0.2, 0.25) is 0 Å². The van der Waals surface area contributed by atoms with E-state index < -0.39 is 39.4 Å². The van der Waals surface area contributed by atoms with E-state index in [2.05, 4.69) is 11.7 Å². The maximum atomic E-state index is 12.1. The van der Waals surface area contributed by atoms with Crippen LogP contribution in [0.5, 0.6) is 28.7 Å². The van der Waals surface area contributed by atoms with Crippen LogP contribution in [0, 0.1) is 19.8 Å². The summed E-state index contributed by atoms with van der Waals surface area (Å²) in [6.07, 6.45) is 1.14. The van der Waals surface area contributed by atoms with Crippen LogP contribution in [0.2, 0.25) is 0 Å². The average molecular weight is 772 g/mol. The van der Waals surface area contributed by atoms with Gasteiger partial charge >= 0.3 is 29.3 Å². The first-order valence-electron chi connectivity index (χ1n) is 15.9. The Morgan fingerprint density at radius 1 is 0.811 bits per heavy atom. The molecule has 1 aromatic heterocycles. The molecule has 1 unspecified atom stereocenters. The first kappa shape index (κ1) is 47.5. The van der Waals surface area contributed by atoms with E-state index in [1.54, 1.807) is 27.7 Å². The van der Waals surface area contributed by atoms with Gasteiger partial charge in [-0.3, -0.25) is 18.9 Å². The molecule has 17 nitrogen and oxygen atoms in total. The van der Waals surface area contributed by atoms with Crippen molar-refractivity contribution in [2.24, 2.45) is 5.92 Å². The first-order valence-corrected chi connectivity index (χ1v) is 17.7. The number of esters is 3. The molecule has 0 amide bonds. The van der Waals surface area contributed by atoms with Gasteiger partial charge in [-0.25, -0.2) is 9.59 Å². The monoisotopic (exact) mass is 771 g/mol. The molecule has 1 atom stereocenters. The van der Waals surface area contributed by atoms with E-state index in [-0.39, 0.29) is 67.7 Å². The molecule has 3 aromatic rings. The number of aromatic hydroxyl groups is 3. The van der Waals surface area contributed by atoms with E-state index in [0.717, 1.165) is 0 Å². The highest BCUT2D eigenvalue weighted by molar-refractivity contribution is 7.85. The van der Waals surface area contributed by atoms with Crippen molar-refractivity contribution in [2.45, 2.75) is 53.4 Å². The van der Waals surface area contributed by atoms with Crippen molar-refractivity contribution in [2.75, 3.05) is 40.3 Å². The van der Waals surface area contributed by atoms with Gasteiger partial charge in [-0.2, -0.15) is 8.42 Å². The Morgan fingerprint density at radius 3 is 1.75 bits per heavy atom. The van der Waals surface area contributed by atoms with Crippen LogP contribution in [-0.4, -0.2) is 92.3 Å². The van der Waals surface area contributed by atoms with Gasteiger partial charge < -0.3 is 43.4 Å². The number of rotatable bonds is 13. The van der Waals surface area contributed by atoms with Crippen LogP contribution < -0.4 is 15.1 Å². The van der Waals surface area contributed by atoms with E-state index >= 15 is 0 Å². The Labute approximate surface area is 307 Å². The number of Topliss-reactive ketones (excluding diaryl/α,β-unsaturated/α-hetero) is 1. The lowest BCUT2D eigenvalue weighted by Gasteiger charge is -2.11. The molecule has 0 radical (unpaired) electrons. The zero-order valence-corrected chi connectivity index (χ0v) is 31.4. The van der Waals surface area contributed by atoms with Gasteiger partial charge in [0.25, 0.3) is 10.1 Å². The number of aryl methyl sites for hydroxylation is 1. The third kappa shape index (κ3) is 19.1. The Hall–Kier alpha value is -5.49. The summed E-state index contributed by atoms with van der Waals surface area (Å²) < 4.78 is 55.4. The standard InChI is InChI=1S/C16H18O6.C11H17O5.C7H8O3.CH4O3S/c1-4-21-14(18)6-5-11-9(2)15-12(20-3)7-10(17)8-13(15)22-16(11)19;1-4-15-10(13)7-6-9(8(3)12)11(14)16-5-2;1-10-7-3-5(8)2-6(9)4-7;1-5(2,3)4/h7-8,17H,4-6H2,1-3H3;9H,3-7H2,1-2H3;2-4,8-9H,1H3;1H3,(H,2,3,4)/q;+1;;. The summed E-state index contributed by atoms with van der Waals surface area (Å²) in [5.41, 5.74) is 0.804. The number of carbonyl (C=O) groups is 4. The highest BCUT2D eigenvalue weighted by atomic mass is 32.2.